The number of rotatable bonds is 6. The van der Waals surface area contributed by atoms with E-state index in [1.807, 2.05) is 36.9 Å². The van der Waals surface area contributed by atoms with Crippen LogP contribution in [0.5, 0.6) is 11.5 Å². The summed E-state index contributed by atoms with van der Waals surface area (Å²) < 4.78 is 10.7. The zero-order valence-corrected chi connectivity index (χ0v) is 18.9. The average molecular weight is 452 g/mol. The number of carbonyl (C=O) groups excluding carboxylic acids is 3. The van der Waals surface area contributed by atoms with Gasteiger partial charge >= 0.3 is 0 Å². The van der Waals surface area contributed by atoms with Gasteiger partial charge in [-0.2, -0.15) is 0 Å². The van der Waals surface area contributed by atoms with Crippen LogP contribution < -0.4 is 20.1 Å². The highest BCUT2D eigenvalue weighted by molar-refractivity contribution is 5.98. The minimum atomic E-state index is -0.695. The fraction of sp³-hybridized carbons (Fsp3) is 0.400. The van der Waals surface area contributed by atoms with Crippen LogP contribution in [-0.2, 0) is 4.79 Å². The third-order valence-corrected chi connectivity index (χ3v) is 5.95. The van der Waals surface area contributed by atoms with E-state index >= 15 is 0 Å². The normalized spacial score (nSPS) is 16.4. The summed E-state index contributed by atoms with van der Waals surface area (Å²) in [4.78, 5) is 40.6. The second-order valence-corrected chi connectivity index (χ2v) is 8.68. The minimum Gasteiger partial charge on any atom is -0.454 e. The molecule has 1 saturated heterocycles. The Morgan fingerprint density at radius 1 is 0.909 bits per heavy atom. The molecule has 0 aliphatic carbocycles. The van der Waals surface area contributed by atoms with Gasteiger partial charge in [0.25, 0.3) is 11.8 Å². The molecule has 2 aliphatic heterocycles. The first-order chi connectivity index (χ1) is 15.9. The number of nitrogens with zero attached hydrogens (tertiary/aromatic N) is 1. The van der Waals surface area contributed by atoms with Crippen molar-refractivity contribution in [3.63, 3.8) is 0 Å². The van der Waals surface area contributed by atoms with E-state index in [4.69, 9.17) is 9.47 Å². The molecule has 1 atom stereocenters. The lowest BCUT2D eigenvalue weighted by atomic mass is 9.88. The maximum Gasteiger partial charge on any atom is 0.253 e. The predicted molar refractivity (Wildman–Crippen MR) is 122 cm³/mol. The molecule has 174 valence electrons. The fourth-order valence-corrected chi connectivity index (χ4v) is 4.23. The Morgan fingerprint density at radius 2 is 1.61 bits per heavy atom. The zero-order valence-electron chi connectivity index (χ0n) is 18.9. The molecule has 2 aliphatic rings. The number of likely N-dealkylation sites (tertiary alicyclic amines) is 1. The Bertz CT molecular complexity index is 1020. The lowest BCUT2D eigenvalue weighted by Crippen LogP contribution is -2.54. The van der Waals surface area contributed by atoms with Gasteiger partial charge in [0, 0.05) is 30.3 Å². The standard InChI is InChI=1S/C25H29N3O5/c1-16(2)26-24(30)22(27-23(29)19-8-9-20-21(14-19)33-15-32-20)17-10-12-28(13-11-17)25(31)18-6-4-3-5-7-18/h3-9,14,16-17,22H,10-13,15H2,1-2H3,(H,26,30)(H,27,29). The number of carbonyl (C=O) groups is 3. The Hall–Kier alpha value is -3.55. The summed E-state index contributed by atoms with van der Waals surface area (Å²) in [6.45, 7) is 4.96. The molecule has 33 heavy (non-hydrogen) atoms. The van der Waals surface area contributed by atoms with Gasteiger partial charge in [0.1, 0.15) is 6.04 Å². The van der Waals surface area contributed by atoms with Gasteiger partial charge in [-0.15, -0.1) is 0 Å². The van der Waals surface area contributed by atoms with Gasteiger partial charge in [-0.1, -0.05) is 18.2 Å². The largest absolute Gasteiger partial charge is 0.454 e. The van der Waals surface area contributed by atoms with Crippen LogP contribution in [0.15, 0.2) is 48.5 Å². The van der Waals surface area contributed by atoms with Gasteiger partial charge in [0.2, 0.25) is 12.7 Å². The summed E-state index contributed by atoms with van der Waals surface area (Å²) in [5, 5.41) is 5.84. The van der Waals surface area contributed by atoms with E-state index in [9.17, 15) is 14.4 Å². The molecule has 0 radical (unpaired) electrons. The van der Waals surface area contributed by atoms with E-state index in [1.165, 1.54) is 0 Å². The van der Waals surface area contributed by atoms with E-state index in [2.05, 4.69) is 10.6 Å². The quantitative estimate of drug-likeness (QED) is 0.704. The number of fused-ring (bicyclic) bond motifs is 1. The van der Waals surface area contributed by atoms with Gasteiger partial charge in [0.05, 0.1) is 0 Å². The van der Waals surface area contributed by atoms with Gasteiger partial charge in [-0.05, 0) is 62.9 Å². The predicted octanol–water partition coefficient (Wildman–Crippen LogP) is 2.59. The summed E-state index contributed by atoms with van der Waals surface area (Å²) in [5.41, 5.74) is 1.06. The van der Waals surface area contributed by atoms with Gasteiger partial charge in [0.15, 0.2) is 11.5 Å². The first-order valence-electron chi connectivity index (χ1n) is 11.3. The van der Waals surface area contributed by atoms with Crippen molar-refractivity contribution in [1.29, 1.82) is 0 Å². The van der Waals surface area contributed by atoms with Gasteiger partial charge in [-0.3, -0.25) is 14.4 Å². The van der Waals surface area contributed by atoms with Crippen LogP contribution in [0.3, 0.4) is 0 Å². The van der Waals surface area contributed by atoms with E-state index in [1.54, 1.807) is 30.3 Å². The first kappa shape index (κ1) is 22.6. The van der Waals surface area contributed by atoms with E-state index in [-0.39, 0.29) is 36.5 Å². The highest BCUT2D eigenvalue weighted by Gasteiger charge is 2.34. The molecular formula is C25H29N3O5. The molecule has 0 aromatic heterocycles. The van der Waals surface area contributed by atoms with Gasteiger partial charge in [-0.25, -0.2) is 0 Å². The maximum absolute atomic E-state index is 13.0. The molecule has 2 N–H and O–H groups in total. The Balaban J connectivity index is 1.44. The molecule has 1 fully saturated rings. The molecule has 1 unspecified atom stereocenters. The minimum absolute atomic E-state index is 0.0124. The van der Waals surface area contributed by atoms with Crippen molar-refractivity contribution in [2.75, 3.05) is 19.9 Å². The SMILES string of the molecule is CC(C)NC(=O)C(NC(=O)c1ccc2c(c1)OCO2)C1CCN(C(=O)c2ccccc2)CC1. The summed E-state index contributed by atoms with van der Waals surface area (Å²) in [5.74, 6) is 0.449. The van der Waals surface area contributed by atoms with Crippen LogP contribution in [0.25, 0.3) is 0 Å². The molecule has 0 saturated carbocycles. The van der Waals surface area contributed by atoms with Gasteiger partial charge < -0.3 is 25.0 Å². The van der Waals surface area contributed by atoms with Crippen molar-refractivity contribution < 1.29 is 23.9 Å². The monoisotopic (exact) mass is 451 g/mol. The second-order valence-electron chi connectivity index (χ2n) is 8.68. The highest BCUT2D eigenvalue weighted by atomic mass is 16.7. The maximum atomic E-state index is 13.0. The first-order valence-corrected chi connectivity index (χ1v) is 11.3. The lowest BCUT2D eigenvalue weighted by Gasteiger charge is -2.36. The van der Waals surface area contributed by atoms with Crippen LogP contribution in [0.4, 0.5) is 0 Å². The molecule has 0 spiro atoms. The fourth-order valence-electron chi connectivity index (χ4n) is 4.23. The van der Waals surface area contributed by atoms with Crippen LogP contribution >= 0.6 is 0 Å². The Kier molecular flexibility index (Phi) is 6.82. The van der Waals surface area contributed by atoms with Crippen LogP contribution in [-0.4, -0.2) is 54.6 Å². The summed E-state index contributed by atoms with van der Waals surface area (Å²) in [6.07, 6.45) is 1.24. The zero-order chi connectivity index (χ0) is 23.4. The Labute approximate surface area is 193 Å². The number of piperidine rings is 1. The lowest BCUT2D eigenvalue weighted by molar-refractivity contribution is -0.125. The summed E-state index contributed by atoms with van der Waals surface area (Å²) in [7, 11) is 0. The molecular weight excluding hydrogens is 422 g/mol. The van der Waals surface area contributed by atoms with Crippen molar-refractivity contribution in [3.8, 4) is 11.5 Å². The number of hydrogen-bond acceptors (Lipinski definition) is 5. The number of amides is 3. The molecule has 2 heterocycles. The number of hydrogen-bond donors (Lipinski definition) is 2. The van der Waals surface area contributed by atoms with Crippen molar-refractivity contribution in [2.24, 2.45) is 5.92 Å². The molecule has 8 heteroatoms. The molecule has 2 aromatic rings. The molecule has 2 aromatic carbocycles. The third-order valence-electron chi connectivity index (χ3n) is 5.95. The number of benzene rings is 2. The summed E-state index contributed by atoms with van der Waals surface area (Å²) in [6, 6.07) is 13.4. The third kappa shape index (κ3) is 5.27. The van der Waals surface area contributed by atoms with Crippen LogP contribution in [0, 0.1) is 5.92 Å². The second kappa shape index (κ2) is 9.94. The Morgan fingerprint density at radius 3 is 2.30 bits per heavy atom. The van der Waals surface area contributed by atoms with E-state index in [0.717, 1.165) is 0 Å². The molecule has 3 amide bonds. The van der Waals surface area contributed by atoms with Crippen molar-refractivity contribution >= 4 is 17.7 Å². The van der Waals surface area contributed by atoms with E-state index < -0.39 is 6.04 Å². The van der Waals surface area contributed by atoms with Crippen molar-refractivity contribution in [2.45, 2.75) is 38.8 Å². The van der Waals surface area contributed by atoms with Crippen molar-refractivity contribution in [3.05, 3.63) is 59.7 Å². The summed E-state index contributed by atoms with van der Waals surface area (Å²) >= 11 is 0. The highest BCUT2D eigenvalue weighted by Crippen LogP contribution is 2.32. The molecule has 8 nitrogen and oxygen atoms in total. The number of ether oxygens (including phenoxy) is 2. The van der Waals surface area contributed by atoms with Crippen LogP contribution in [0.1, 0.15) is 47.4 Å². The molecule has 4 rings (SSSR count). The average Bonchev–Trinajstić information content (AvgIpc) is 3.30. The van der Waals surface area contributed by atoms with Crippen LogP contribution in [0.2, 0.25) is 0 Å². The topological polar surface area (TPSA) is 97.0 Å². The van der Waals surface area contributed by atoms with Crippen molar-refractivity contribution in [1.82, 2.24) is 15.5 Å². The van der Waals surface area contributed by atoms with E-state index in [0.29, 0.717) is 48.6 Å². The molecule has 0 bridgehead atoms. The smallest absolute Gasteiger partial charge is 0.253 e. The number of nitrogens with one attached hydrogen (secondary N) is 2.